The number of carbonyl (C=O) groups excluding carboxylic acids is 1. The standard InChI is InChI=1S/C9H10BF3NO2.K/c1-5-7(10(11,12)13)3-6(4-8(5)14)9(15)16-2;/h3-4H,14H2,1-2H3;/q-1;+1. The van der Waals surface area contributed by atoms with Crippen molar-refractivity contribution < 1.29 is 73.9 Å². The van der Waals surface area contributed by atoms with E-state index in [-0.39, 0.29) is 68.2 Å². The van der Waals surface area contributed by atoms with Gasteiger partial charge in [0.25, 0.3) is 0 Å². The average Bonchev–Trinajstić information content (AvgIpc) is 2.18. The van der Waals surface area contributed by atoms with Gasteiger partial charge in [-0.3, -0.25) is 0 Å². The number of anilines is 1. The number of hydrogen-bond donors (Lipinski definition) is 1. The van der Waals surface area contributed by atoms with Crippen molar-refractivity contribution in [1.29, 1.82) is 0 Å². The zero-order valence-electron chi connectivity index (χ0n) is 9.76. The fourth-order valence-electron chi connectivity index (χ4n) is 1.34. The minimum absolute atomic E-state index is 0. The van der Waals surface area contributed by atoms with E-state index >= 15 is 0 Å². The maximum absolute atomic E-state index is 12.6. The number of ether oxygens (including phenoxy) is 1. The van der Waals surface area contributed by atoms with Gasteiger partial charge in [0, 0.05) is 5.69 Å². The van der Waals surface area contributed by atoms with Crippen LogP contribution in [0.25, 0.3) is 0 Å². The molecule has 17 heavy (non-hydrogen) atoms. The topological polar surface area (TPSA) is 52.3 Å². The molecule has 0 radical (unpaired) electrons. The van der Waals surface area contributed by atoms with Crippen LogP contribution in [-0.4, -0.2) is 20.1 Å². The second-order valence-electron chi connectivity index (χ2n) is 3.35. The summed E-state index contributed by atoms with van der Waals surface area (Å²) >= 11 is 0. The normalized spacial score (nSPS) is 10.6. The number of carbonyl (C=O) groups is 1. The molecule has 88 valence electrons. The van der Waals surface area contributed by atoms with Crippen LogP contribution in [0.3, 0.4) is 0 Å². The molecule has 0 amide bonds. The van der Waals surface area contributed by atoms with Crippen LogP contribution in [0.2, 0.25) is 0 Å². The third kappa shape index (κ3) is 3.99. The summed E-state index contributed by atoms with van der Waals surface area (Å²) in [6.45, 7) is -3.93. The summed E-state index contributed by atoms with van der Waals surface area (Å²) < 4.78 is 42.2. The summed E-state index contributed by atoms with van der Waals surface area (Å²) in [4.78, 5) is 11.1. The van der Waals surface area contributed by atoms with Gasteiger partial charge < -0.3 is 23.4 Å². The average molecular weight is 271 g/mol. The van der Waals surface area contributed by atoms with Crippen LogP contribution < -0.4 is 62.6 Å². The molecule has 0 heterocycles. The van der Waals surface area contributed by atoms with Crippen LogP contribution in [-0.2, 0) is 4.74 Å². The Morgan fingerprint density at radius 1 is 1.35 bits per heavy atom. The molecular formula is C9H10BF3KNO2. The predicted octanol–water partition coefficient (Wildman–Crippen LogP) is -1.58. The molecule has 0 atom stereocenters. The molecule has 1 aromatic rings. The number of nitrogens with two attached hydrogens (primary N) is 1. The molecule has 0 saturated carbocycles. The van der Waals surface area contributed by atoms with Crippen molar-refractivity contribution >= 4 is 24.1 Å². The van der Waals surface area contributed by atoms with Gasteiger partial charge in [-0.05, 0) is 13.0 Å². The Bertz CT molecular complexity index is 437. The first-order valence-electron chi connectivity index (χ1n) is 4.45. The Labute approximate surface area is 139 Å². The SMILES string of the molecule is COC(=O)c1cc(N)c(C)c([B-](F)(F)F)c1.[K+]. The molecular weight excluding hydrogens is 261 g/mol. The maximum atomic E-state index is 12.6. The smallest absolute Gasteiger partial charge is 0.465 e. The summed E-state index contributed by atoms with van der Waals surface area (Å²) in [7, 11) is 1.09. The van der Waals surface area contributed by atoms with E-state index in [9.17, 15) is 17.7 Å². The fourth-order valence-corrected chi connectivity index (χ4v) is 1.34. The van der Waals surface area contributed by atoms with Crippen molar-refractivity contribution in [2.75, 3.05) is 12.8 Å². The monoisotopic (exact) mass is 271 g/mol. The van der Waals surface area contributed by atoms with Crippen molar-refractivity contribution in [3.05, 3.63) is 23.3 Å². The summed E-state index contributed by atoms with van der Waals surface area (Å²) in [5.74, 6) is -0.840. The van der Waals surface area contributed by atoms with Crippen LogP contribution >= 0.6 is 0 Å². The van der Waals surface area contributed by atoms with Crippen molar-refractivity contribution in [2.45, 2.75) is 6.92 Å². The zero-order valence-corrected chi connectivity index (χ0v) is 12.9. The molecule has 0 aromatic heterocycles. The molecule has 3 nitrogen and oxygen atoms in total. The Morgan fingerprint density at radius 2 is 1.88 bits per heavy atom. The largest absolute Gasteiger partial charge is 1.00 e. The molecule has 0 aliphatic rings. The third-order valence-electron chi connectivity index (χ3n) is 2.26. The predicted molar refractivity (Wildman–Crippen MR) is 55.6 cm³/mol. The molecule has 0 saturated heterocycles. The van der Waals surface area contributed by atoms with E-state index in [4.69, 9.17) is 5.73 Å². The number of methoxy groups -OCH3 is 1. The summed E-state index contributed by atoms with van der Waals surface area (Å²) in [6.07, 6.45) is 0. The molecule has 0 aliphatic carbocycles. The van der Waals surface area contributed by atoms with Gasteiger partial charge in [0.2, 0.25) is 0 Å². The van der Waals surface area contributed by atoms with E-state index in [0.717, 1.165) is 13.2 Å². The fraction of sp³-hybridized carbons (Fsp3) is 0.222. The van der Waals surface area contributed by atoms with Gasteiger partial charge in [-0.15, -0.1) is 5.46 Å². The van der Waals surface area contributed by atoms with E-state index in [1.54, 1.807) is 0 Å². The first-order chi connectivity index (χ1) is 7.27. The van der Waals surface area contributed by atoms with Crippen LogP contribution in [0, 0.1) is 6.92 Å². The molecule has 0 spiro atoms. The number of nitrogen functional groups attached to an aromatic ring is 1. The van der Waals surface area contributed by atoms with Gasteiger partial charge in [0.15, 0.2) is 0 Å². The van der Waals surface area contributed by atoms with Gasteiger partial charge in [-0.2, -0.15) is 0 Å². The molecule has 1 aromatic carbocycles. The molecule has 0 unspecified atom stereocenters. The number of benzene rings is 1. The van der Waals surface area contributed by atoms with Gasteiger partial charge in [0.05, 0.1) is 12.7 Å². The van der Waals surface area contributed by atoms with E-state index in [1.807, 2.05) is 0 Å². The van der Waals surface area contributed by atoms with Crippen molar-refractivity contribution in [2.24, 2.45) is 0 Å². The quantitative estimate of drug-likeness (QED) is 0.401. The van der Waals surface area contributed by atoms with Gasteiger partial charge >= 0.3 is 64.3 Å². The van der Waals surface area contributed by atoms with Crippen LogP contribution in [0.1, 0.15) is 15.9 Å². The third-order valence-corrected chi connectivity index (χ3v) is 2.26. The van der Waals surface area contributed by atoms with Crippen LogP contribution in [0.5, 0.6) is 0 Å². The molecule has 0 aliphatic heterocycles. The molecule has 0 bridgehead atoms. The second-order valence-corrected chi connectivity index (χ2v) is 3.35. The Morgan fingerprint density at radius 3 is 2.29 bits per heavy atom. The Kier molecular flexibility index (Phi) is 6.23. The van der Waals surface area contributed by atoms with Gasteiger partial charge in [-0.25, -0.2) is 4.79 Å². The minimum Gasteiger partial charge on any atom is -0.465 e. The first kappa shape index (κ1) is 17.0. The second kappa shape index (κ2) is 6.24. The van der Waals surface area contributed by atoms with E-state index in [2.05, 4.69) is 4.74 Å². The van der Waals surface area contributed by atoms with Crippen molar-refractivity contribution in [1.82, 2.24) is 0 Å². The van der Waals surface area contributed by atoms with Gasteiger partial charge in [0.1, 0.15) is 0 Å². The molecule has 1 rings (SSSR count). The van der Waals surface area contributed by atoms with Gasteiger partial charge in [-0.1, -0.05) is 11.6 Å². The number of rotatable bonds is 2. The number of halogens is 3. The maximum Gasteiger partial charge on any atom is 1.00 e. The zero-order chi connectivity index (χ0) is 12.5. The Hall–Kier alpha value is -0.0187. The van der Waals surface area contributed by atoms with E-state index < -0.39 is 18.4 Å². The van der Waals surface area contributed by atoms with E-state index in [0.29, 0.717) is 0 Å². The minimum atomic E-state index is -5.19. The number of esters is 1. The van der Waals surface area contributed by atoms with Crippen molar-refractivity contribution in [3.8, 4) is 0 Å². The van der Waals surface area contributed by atoms with E-state index in [1.165, 1.54) is 13.0 Å². The van der Waals surface area contributed by atoms with Crippen LogP contribution in [0.15, 0.2) is 12.1 Å². The molecule has 2 N–H and O–H groups in total. The molecule has 8 heteroatoms. The molecule has 0 fully saturated rings. The summed E-state index contributed by atoms with van der Waals surface area (Å²) in [5.41, 5.74) is 4.22. The van der Waals surface area contributed by atoms with Crippen LogP contribution in [0.4, 0.5) is 18.6 Å². The summed E-state index contributed by atoms with van der Waals surface area (Å²) in [6, 6.07) is 1.93. The van der Waals surface area contributed by atoms with Crippen molar-refractivity contribution in [3.63, 3.8) is 0 Å². The first-order valence-corrected chi connectivity index (χ1v) is 4.45. The Balaban J connectivity index is 0.00000256. The number of hydrogen-bond acceptors (Lipinski definition) is 3. The summed E-state index contributed by atoms with van der Waals surface area (Å²) in [5, 5.41) is 0.